The van der Waals surface area contributed by atoms with E-state index in [-0.39, 0.29) is 46.9 Å². The monoisotopic (exact) mass is 805 g/mol. The molecule has 4 N–H and O–H groups in total. The van der Waals surface area contributed by atoms with E-state index in [9.17, 15) is 24.7 Å². The maximum absolute atomic E-state index is 15.5. The van der Waals surface area contributed by atoms with Gasteiger partial charge in [0.1, 0.15) is 17.2 Å². The molecule has 3 heterocycles. The van der Waals surface area contributed by atoms with Crippen LogP contribution in [-0.4, -0.2) is 58.0 Å². The Morgan fingerprint density at radius 1 is 0.912 bits per heavy atom. The predicted octanol–water partition coefficient (Wildman–Crippen LogP) is 4.93. The molecule has 288 valence electrons. The third-order valence-electron chi connectivity index (χ3n) is 12.2. The van der Waals surface area contributed by atoms with Gasteiger partial charge in [0.15, 0.2) is 0 Å². The lowest BCUT2D eigenvalue weighted by Gasteiger charge is -2.51. The number of carbonyl (C=O) groups is 4. The largest absolute Gasteiger partial charge is 0.508 e. The highest BCUT2D eigenvalue weighted by Crippen LogP contribution is 2.63. The Morgan fingerprint density at radius 2 is 1.70 bits per heavy atom. The van der Waals surface area contributed by atoms with Gasteiger partial charge in [0.25, 0.3) is 11.8 Å². The Bertz CT molecular complexity index is 2460. The standard InChI is InChI=1S/C42H34BCl2N3O9/c1-56-28-9-5-23(6-10-28)42-32(39(51)48(41(42)53)46-34-13-7-25(44)18-33(34)45)19-31-29(37(42)22-15-21-16-27(49)8-14-35(21)57-20-22)11-12-30-36(31)40(52)47(38(30)50)26-4-2-3-24(17-26)43(54)55/h2-11,13-14,16-18,20,30-32,36-37,46,49,54-55H,12,15,19H2,1H3/t30-,31+,32-,36-,37-,42+/m0/s1. The van der Waals surface area contributed by atoms with E-state index >= 15 is 9.59 Å². The summed E-state index contributed by atoms with van der Waals surface area (Å²) in [4.78, 5) is 60.5. The minimum atomic E-state index is -1.82. The minimum absolute atomic E-state index is 0.0258. The van der Waals surface area contributed by atoms with Crippen LogP contribution in [0.25, 0.3) is 0 Å². The number of anilines is 2. The number of imide groups is 2. The van der Waals surface area contributed by atoms with Gasteiger partial charge in [0, 0.05) is 22.9 Å². The molecule has 6 atom stereocenters. The Kier molecular flexibility index (Phi) is 8.96. The number of hydrogen-bond acceptors (Lipinski definition) is 10. The van der Waals surface area contributed by atoms with Crippen LogP contribution in [0.3, 0.4) is 0 Å². The average molecular weight is 806 g/mol. The lowest BCUT2D eigenvalue weighted by molar-refractivity contribution is -0.139. The fourth-order valence-electron chi connectivity index (χ4n) is 9.74. The van der Waals surface area contributed by atoms with Gasteiger partial charge in [-0.1, -0.05) is 59.1 Å². The van der Waals surface area contributed by atoms with E-state index in [2.05, 4.69) is 5.43 Å². The van der Waals surface area contributed by atoms with E-state index in [1.54, 1.807) is 66.9 Å². The van der Waals surface area contributed by atoms with Crippen molar-refractivity contribution >= 4 is 70.8 Å². The van der Waals surface area contributed by atoms with Gasteiger partial charge >= 0.3 is 7.12 Å². The minimum Gasteiger partial charge on any atom is -0.508 e. The fourth-order valence-corrected chi connectivity index (χ4v) is 10.2. The number of phenolic OH excluding ortho intramolecular Hbond substituents is 1. The third kappa shape index (κ3) is 5.66. The molecule has 4 aromatic rings. The van der Waals surface area contributed by atoms with Gasteiger partial charge in [-0.15, -0.1) is 0 Å². The number of nitrogens with zero attached hydrogens (tertiary/aromatic N) is 2. The molecule has 2 saturated heterocycles. The van der Waals surface area contributed by atoms with Gasteiger partial charge in [-0.3, -0.25) is 29.5 Å². The van der Waals surface area contributed by atoms with Crippen LogP contribution in [-0.2, 0) is 31.0 Å². The summed E-state index contributed by atoms with van der Waals surface area (Å²) >= 11 is 12.8. The second-order valence-corrected chi connectivity index (χ2v) is 15.8. The van der Waals surface area contributed by atoms with Gasteiger partial charge in [-0.25, -0.2) is 0 Å². The summed E-state index contributed by atoms with van der Waals surface area (Å²) in [5, 5.41) is 31.8. The van der Waals surface area contributed by atoms with Gasteiger partial charge in [0.2, 0.25) is 11.8 Å². The van der Waals surface area contributed by atoms with Gasteiger partial charge in [-0.2, -0.15) is 5.01 Å². The summed E-state index contributed by atoms with van der Waals surface area (Å²) in [5.74, 6) is -5.20. The number of halogens is 2. The van der Waals surface area contributed by atoms with Crippen molar-refractivity contribution in [2.24, 2.45) is 29.6 Å². The molecule has 9 rings (SSSR count). The number of fused-ring (bicyclic) bond motifs is 5. The molecule has 0 bridgehead atoms. The normalized spacial score (nSPS) is 26.2. The lowest BCUT2D eigenvalue weighted by Crippen LogP contribution is -2.55. The molecule has 0 aromatic heterocycles. The van der Waals surface area contributed by atoms with Crippen molar-refractivity contribution in [3.8, 4) is 17.2 Å². The van der Waals surface area contributed by atoms with Crippen LogP contribution >= 0.6 is 23.2 Å². The van der Waals surface area contributed by atoms with Crippen molar-refractivity contribution in [3.63, 3.8) is 0 Å². The number of hydrogen-bond donors (Lipinski definition) is 4. The lowest BCUT2D eigenvalue weighted by atomic mass is 9.48. The molecule has 0 spiro atoms. The molecule has 1 saturated carbocycles. The van der Waals surface area contributed by atoms with Crippen LogP contribution < -0.4 is 25.3 Å². The molecule has 2 aliphatic carbocycles. The number of carbonyl (C=O) groups excluding carboxylic acids is 4. The quantitative estimate of drug-likeness (QED) is 0.114. The van der Waals surface area contributed by atoms with Crippen molar-refractivity contribution in [2.45, 2.75) is 24.7 Å². The highest BCUT2D eigenvalue weighted by atomic mass is 35.5. The van der Waals surface area contributed by atoms with Crippen LogP contribution in [0.1, 0.15) is 24.0 Å². The van der Waals surface area contributed by atoms with E-state index < -0.39 is 65.8 Å². The number of methoxy groups -OCH3 is 1. The van der Waals surface area contributed by atoms with Crippen LogP contribution in [0.15, 0.2) is 108 Å². The van der Waals surface area contributed by atoms with E-state index in [0.717, 1.165) is 15.5 Å². The zero-order valence-corrected chi connectivity index (χ0v) is 31.8. The Morgan fingerprint density at radius 3 is 2.44 bits per heavy atom. The maximum atomic E-state index is 15.5. The zero-order valence-electron chi connectivity index (χ0n) is 30.3. The Hall–Kier alpha value is -5.60. The third-order valence-corrected chi connectivity index (χ3v) is 12.7. The molecule has 4 aromatic carbocycles. The fraction of sp³-hybridized carbons (Fsp3) is 0.238. The summed E-state index contributed by atoms with van der Waals surface area (Å²) in [7, 11) is -0.289. The number of rotatable bonds is 7. The average Bonchev–Trinajstić information content (AvgIpc) is 3.59. The Labute approximate surface area is 337 Å². The van der Waals surface area contributed by atoms with Gasteiger partial charge in [0.05, 0.1) is 52.9 Å². The number of nitrogens with one attached hydrogen (secondary N) is 1. The first-order valence-corrected chi connectivity index (χ1v) is 19.1. The molecule has 57 heavy (non-hydrogen) atoms. The van der Waals surface area contributed by atoms with E-state index in [4.69, 9.17) is 32.7 Å². The highest BCUT2D eigenvalue weighted by Gasteiger charge is 2.71. The molecular formula is C42H34BCl2N3O9. The van der Waals surface area contributed by atoms with Gasteiger partial charge < -0.3 is 24.6 Å². The molecule has 12 nitrogen and oxygen atoms in total. The number of amides is 4. The van der Waals surface area contributed by atoms with E-state index in [1.807, 2.05) is 6.08 Å². The second-order valence-electron chi connectivity index (χ2n) is 15.0. The number of allylic oxidation sites excluding steroid dienone is 3. The topological polar surface area (TPSA) is 166 Å². The van der Waals surface area contributed by atoms with Crippen LogP contribution in [0.2, 0.25) is 10.0 Å². The van der Waals surface area contributed by atoms with Crippen LogP contribution in [0.5, 0.6) is 17.2 Å². The molecule has 3 fully saturated rings. The molecule has 0 radical (unpaired) electrons. The summed E-state index contributed by atoms with van der Waals surface area (Å²) in [6, 6.07) is 22.4. The van der Waals surface area contributed by atoms with Crippen molar-refractivity contribution < 1.29 is 43.8 Å². The van der Waals surface area contributed by atoms with Crippen molar-refractivity contribution in [1.82, 2.24) is 5.01 Å². The number of aromatic hydroxyl groups is 1. The predicted molar refractivity (Wildman–Crippen MR) is 211 cm³/mol. The second kappa shape index (κ2) is 13.8. The van der Waals surface area contributed by atoms with E-state index in [1.165, 1.54) is 31.4 Å². The SMILES string of the molecule is COc1ccc([C@@]23C(=O)N(Nc4ccc(Cl)cc4Cl)C(=O)[C@@H]2C[C@@H]2C(=CC[C@@H]4C(=O)N(c5cccc(B(O)O)c5)C(=O)[C@@H]42)[C@@H]3C2=COc3ccc(O)cc3C2)cc1. The Balaban J connectivity index is 1.22. The van der Waals surface area contributed by atoms with Crippen molar-refractivity contribution in [2.75, 3.05) is 17.4 Å². The molecular weight excluding hydrogens is 772 g/mol. The van der Waals surface area contributed by atoms with Crippen LogP contribution in [0, 0.1) is 29.6 Å². The van der Waals surface area contributed by atoms with Crippen molar-refractivity contribution in [1.29, 1.82) is 0 Å². The number of hydrazine groups is 1. The molecule has 4 amide bonds. The molecule has 0 unspecified atom stereocenters. The molecule has 3 aliphatic heterocycles. The number of benzene rings is 4. The summed E-state index contributed by atoms with van der Waals surface area (Å²) in [5.41, 5.74) is 4.53. The smallest absolute Gasteiger partial charge is 0.488 e. The molecule has 15 heteroatoms. The highest BCUT2D eigenvalue weighted by molar-refractivity contribution is 6.58. The first kappa shape index (κ1) is 37.0. The van der Waals surface area contributed by atoms with Crippen molar-refractivity contribution in [3.05, 3.63) is 130 Å². The van der Waals surface area contributed by atoms with E-state index in [0.29, 0.717) is 33.2 Å². The molecule has 5 aliphatic rings. The van der Waals surface area contributed by atoms with Crippen LogP contribution in [0.4, 0.5) is 11.4 Å². The first-order valence-electron chi connectivity index (χ1n) is 18.4. The zero-order chi connectivity index (χ0) is 39.9. The van der Waals surface area contributed by atoms with Gasteiger partial charge in [-0.05, 0) is 96.0 Å². The summed E-state index contributed by atoms with van der Waals surface area (Å²) in [6.45, 7) is 0. The maximum Gasteiger partial charge on any atom is 0.488 e. The summed E-state index contributed by atoms with van der Waals surface area (Å²) < 4.78 is 11.7. The number of phenols is 1. The number of ether oxygens (including phenoxy) is 2. The first-order chi connectivity index (χ1) is 27.4. The summed E-state index contributed by atoms with van der Waals surface area (Å²) in [6.07, 6.45) is 3.98.